The summed E-state index contributed by atoms with van der Waals surface area (Å²) >= 11 is 0. The van der Waals surface area contributed by atoms with E-state index < -0.39 is 5.60 Å². The topological polar surface area (TPSA) is 79.9 Å². The predicted octanol–water partition coefficient (Wildman–Crippen LogP) is 2.60. The Hall–Kier alpha value is -1.59. The molecule has 0 spiro atoms. The number of alkyl carbamates (subject to hydrolysis) is 1. The van der Waals surface area contributed by atoms with Gasteiger partial charge in [-0.2, -0.15) is 5.10 Å². The van der Waals surface area contributed by atoms with E-state index in [0.29, 0.717) is 6.54 Å². The van der Waals surface area contributed by atoms with Gasteiger partial charge < -0.3 is 10.1 Å². The van der Waals surface area contributed by atoms with Crippen molar-refractivity contribution in [2.75, 3.05) is 6.54 Å². The number of aromatic amines is 1. The van der Waals surface area contributed by atoms with Crippen molar-refractivity contribution in [2.24, 2.45) is 0 Å². The Kier molecular flexibility index (Phi) is 6.48. The minimum Gasteiger partial charge on any atom is -0.444 e. The standard InChI is InChI=1S/C14H26N4O2/c1-5-6-8-11-16-12(18-17-11)9-7-10-15-13(19)20-14(2,3)4/h5-10H2,1-4H3,(H,15,19)(H,16,17,18). The van der Waals surface area contributed by atoms with Crippen molar-refractivity contribution in [3.63, 3.8) is 0 Å². The van der Waals surface area contributed by atoms with E-state index in [1.54, 1.807) is 0 Å². The fourth-order valence-corrected chi connectivity index (χ4v) is 1.65. The number of amides is 1. The second-order valence-electron chi connectivity index (χ2n) is 5.83. The van der Waals surface area contributed by atoms with Crippen LogP contribution in [0.3, 0.4) is 0 Å². The number of nitrogens with zero attached hydrogens (tertiary/aromatic N) is 2. The zero-order valence-corrected chi connectivity index (χ0v) is 13.0. The first-order chi connectivity index (χ1) is 9.40. The Bertz CT molecular complexity index is 410. The van der Waals surface area contributed by atoms with Crippen LogP contribution in [0.5, 0.6) is 0 Å². The molecule has 1 amide bonds. The molecule has 0 radical (unpaired) electrons. The normalized spacial score (nSPS) is 11.4. The largest absolute Gasteiger partial charge is 0.444 e. The van der Waals surface area contributed by atoms with Crippen LogP contribution >= 0.6 is 0 Å². The van der Waals surface area contributed by atoms with E-state index in [4.69, 9.17) is 4.74 Å². The van der Waals surface area contributed by atoms with E-state index in [9.17, 15) is 4.79 Å². The first-order valence-electron chi connectivity index (χ1n) is 7.27. The van der Waals surface area contributed by atoms with Gasteiger partial charge in [0, 0.05) is 19.4 Å². The molecule has 0 fully saturated rings. The van der Waals surface area contributed by atoms with Gasteiger partial charge in [0.2, 0.25) is 0 Å². The number of unbranched alkanes of at least 4 members (excludes halogenated alkanes) is 1. The molecular weight excluding hydrogens is 256 g/mol. The average molecular weight is 282 g/mol. The molecular formula is C14H26N4O2. The molecule has 0 aliphatic rings. The molecule has 114 valence electrons. The summed E-state index contributed by atoms with van der Waals surface area (Å²) in [7, 11) is 0. The average Bonchev–Trinajstić information content (AvgIpc) is 2.78. The highest BCUT2D eigenvalue weighted by atomic mass is 16.6. The highest BCUT2D eigenvalue weighted by Gasteiger charge is 2.15. The number of H-pyrrole nitrogens is 1. The van der Waals surface area contributed by atoms with E-state index in [-0.39, 0.29) is 6.09 Å². The summed E-state index contributed by atoms with van der Waals surface area (Å²) in [5.41, 5.74) is -0.456. The van der Waals surface area contributed by atoms with Gasteiger partial charge in [-0.1, -0.05) is 13.3 Å². The number of aromatic nitrogens is 3. The summed E-state index contributed by atoms with van der Waals surface area (Å²) in [5.74, 6) is 1.75. The molecule has 1 rings (SSSR count). The highest BCUT2D eigenvalue weighted by molar-refractivity contribution is 5.67. The second kappa shape index (κ2) is 7.87. The number of hydrogen-bond acceptors (Lipinski definition) is 4. The summed E-state index contributed by atoms with van der Waals surface area (Å²) in [6.07, 6.45) is 4.38. The Morgan fingerprint density at radius 1 is 1.30 bits per heavy atom. The van der Waals surface area contributed by atoms with Crippen molar-refractivity contribution in [2.45, 2.75) is 65.4 Å². The molecule has 0 aromatic carbocycles. The van der Waals surface area contributed by atoms with Gasteiger partial charge in [-0.05, 0) is 33.6 Å². The zero-order chi connectivity index (χ0) is 15.0. The van der Waals surface area contributed by atoms with Gasteiger partial charge in [-0.15, -0.1) is 0 Å². The van der Waals surface area contributed by atoms with Crippen LogP contribution < -0.4 is 5.32 Å². The van der Waals surface area contributed by atoms with Crippen LogP contribution in [0, 0.1) is 0 Å². The molecule has 0 aliphatic heterocycles. The first-order valence-corrected chi connectivity index (χ1v) is 7.27. The monoisotopic (exact) mass is 282 g/mol. The van der Waals surface area contributed by atoms with Crippen LogP contribution in [0.15, 0.2) is 0 Å². The molecule has 2 N–H and O–H groups in total. The maximum Gasteiger partial charge on any atom is 0.407 e. The number of rotatable bonds is 7. The van der Waals surface area contributed by atoms with Crippen molar-refractivity contribution >= 4 is 6.09 Å². The molecule has 0 saturated heterocycles. The van der Waals surface area contributed by atoms with Crippen LogP contribution in [0.1, 0.15) is 58.6 Å². The van der Waals surface area contributed by atoms with Crippen molar-refractivity contribution in [3.05, 3.63) is 11.6 Å². The van der Waals surface area contributed by atoms with Crippen LogP contribution in [0.4, 0.5) is 4.79 Å². The van der Waals surface area contributed by atoms with Gasteiger partial charge in [0.05, 0.1) is 0 Å². The minimum absolute atomic E-state index is 0.379. The lowest BCUT2D eigenvalue weighted by atomic mass is 10.2. The molecule has 1 aromatic heterocycles. The van der Waals surface area contributed by atoms with Crippen molar-refractivity contribution < 1.29 is 9.53 Å². The van der Waals surface area contributed by atoms with Gasteiger partial charge in [0.15, 0.2) is 5.82 Å². The minimum atomic E-state index is -0.456. The predicted molar refractivity (Wildman–Crippen MR) is 77.6 cm³/mol. The molecule has 1 aromatic rings. The first kappa shape index (κ1) is 16.5. The fraction of sp³-hybridized carbons (Fsp3) is 0.786. The molecule has 1 heterocycles. The van der Waals surface area contributed by atoms with Gasteiger partial charge in [-0.3, -0.25) is 5.10 Å². The quantitative estimate of drug-likeness (QED) is 0.753. The van der Waals surface area contributed by atoms with Gasteiger partial charge >= 0.3 is 6.09 Å². The summed E-state index contributed by atoms with van der Waals surface area (Å²) in [6.45, 7) is 8.25. The summed E-state index contributed by atoms with van der Waals surface area (Å²) in [5, 5.41) is 9.84. The fourth-order valence-electron chi connectivity index (χ4n) is 1.65. The number of aryl methyl sites for hydroxylation is 2. The number of carbonyl (C=O) groups excluding carboxylic acids is 1. The van der Waals surface area contributed by atoms with Gasteiger partial charge in [0.25, 0.3) is 0 Å². The Morgan fingerprint density at radius 2 is 2.05 bits per heavy atom. The molecule has 0 unspecified atom stereocenters. The highest BCUT2D eigenvalue weighted by Crippen LogP contribution is 2.06. The number of hydrogen-bond donors (Lipinski definition) is 2. The number of carbonyl (C=O) groups is 1. The summed E-state index contributed by atoms with van der Waals surface area (Å²) < 4.78 is 5.15. The molecule has 0 aliphatic carbocycles. The van der Waals surface area contributed by atoms with Crippen LogP contribution in [-0.2, 0) is 17.6 Å². The van der Waals surface area contributed by atoms with E-state index in [1.807, 2.05) is 20.8 Å². The van der Waals surface area contributed by atoms with Gasteiger partial charge in [0.1, 0.15) is 11.4 Å². The van der Waals surface area contributed by atoms with Crippen molar-refractivity contribution in [3.8, 4) is 0 Å². The third-order valence-electron chi connectivity index (χ3n) is 2.59. The molecule has 0 atom stereocenters. The maximum atomic E-state index is 11.4. The van der Waals surface area contributed by atoms with E-state index in [2.05, 4.69) is 27.4 Å². The van der Waals surface area contributed by atoms with Crippen LogP contribution in [-0.4, -0.2) is 33.4 Å². The summed E-state index contributed by atoms with van der Waals surface area (Å²) in [4.78, 5) is 15.8. The van der Waals surface area contributed by atoms with Crippen molar-refractivity contribution in [1.82, 2.24) is 20.5 Å². The lowest BCUT2D eigenvalue weighted by molar-refractivity contribution is 0.0527. The van der Waals surface area contributed by atoms with E-state index in [1.165, 1.54) is 0 Å². The van der Waals surface area contributed by atoms with Crippen LogP contribution in [0.2, 0.25) is 0 Å². The lowest BCUT2D eigenvalue weighted by Gasteiger charge is -2.19. The smallest absolute Gasteiger partial charge is 0.407 e. The Morgan fingerprint density at radius 3 is 2.70 bits per heavy atom. The number of nitrogens with one attached hydrogen (secondary N) is 2. The molecule has 20 heavy (non-hydrogen) atoms. The summed E-state index contributed by atoms with van der Waals surface area (Å²) in [6, 6.07) is 0. The van der Waals surface area contributed by atoms with E-state index in [0.717, 1.165) is 43.8 Å². The Labute approximate surface area is 120 Å². The maximum absolute atomic E-state index is 11.4. The third-order valence-corrected chi connectivity index (χ3v) is 2.59. The third kappa shape index (κ3) is 7.11. The van der Waals surface area contributed by atoms with Gasteiger partial charge in [-0.25, -0.2) is 9.78 Å². The second-order valence-corrected chi connectivity index (χ2v) is 5.83. The molecule has 6 nitrogen and oxygen atoms in total. The van der Waals surface area contributed by atoms with Crippen molar-refractivity contribution in [1.29, 1.82) is 0 Å². The van der Waals surface area contributed by atoms with Crippen LogP contribution in [0.25, 0.3) is 0 Å². The Balaban J connectivity index is 2.18. The molecule has 0 saturated carbocycles. The molecule has 0 bridgehead atoms. The lowest BCUT2D eigenvalue weighted by Crippen LogP contribution is -2.33. The SMILES string of the molecule is CCCCc1nc(CCCNC(=O)OC(C)(C)C)n[nH]1. The zero-order valence-electron chi connectivity index (χ0n) is 13.0. The number of ether oxygens (including phenoxy) is 1. The molecule has 6 heteroatoms. The van der Waals surface area contributed by atoms with E-state index >= 15 is 0 Å².